The zero-order chi connectivity index (χ0) is 14.9. The van der Waals surface area contributed by atoms with Crippen molar-refractivity contribution in [3.05, 3.63) is 35.9 Å². The fourth-order valence-corrected chi connectivity index (χ4v) is 2.12. The van der Waals surface area contributed by atoms with Gasteiger partial charge in [-0.3, -0.25) is 20.5 Å². The minimum absolute atomic E-state index is 0.215. The van der Waals surface area contributed by atoms with Crippen LogP contribution in [0.3, 0.4) is 0 Å². The van der Waals surface area contributed by atoms with E-state index in [4.69, 9.17) is 17.0 Å². The van der Waals surface area contributed by atoms with E-state index in [0.717, 1.165) is 39.4 Å². The molecule has 0 aromatic heterocycles. The molecule has 1 aliphatic rings. The molecule has 7 heteroatoms. The Kier molecular flexibility index (Phi) is 6.39. The first-order valence-electron chi connectivity index (χ1n) is 6.95. The third kappa shape index (κ3) is 5.66. The molecule has 1 aromatic rings. The minimum atomic E-state index is -0.215. The molecule has 6 nitrogen and oxygen atoms in total. The molecule has 0 unspecified atom stereocenters. The second-order valence-electron chi connectivity index (χ2n) is 4.66. The highest BCUT2D eigenvalue weighted by Crippen LogP contribution is 1.97. The first-order valence-corrected chi connectivity index (χ1v) is 7.36. The maximum Gasteiger partial charge on any atom is 0.269 e. The number of nitrogens with zero attached hydrogens (tertiary/aromatic N) is 1. The van der Waals surface area contributed by atoms with E-state index in [-0.39, 0.29) is 5.91 Å². The summed E-state index contributed by atoms with van der Waals surface area (Å²) < 4.78 is 5.29. The van der Waals surface area contributed by atoms with Crippen LogP contribution in [0.4, 0.5) is 0 Å². The zero-order valence-corrected chi connectivity index (χ0v) is 12.6. The molecule has 0 radical (unpaired) electrons. The fraction of sp³-hybridized carbons (Fsp3) is 0.429. The quantitative estimate of drug-likeness (QED) is 0.543. The van der Waals surface area contributed by atoms with E-state index in [9.17, 15) is 4.79 Å². The lowest BCUT2D eigenvalue weighted by atomic mass is 10.2. The van der Waals surface area contributed by atoms with Gasteiger partial charge >= 0.3 is 0 Å². The number of amides is 1. The molecular weight excluding hydrogens is 288 g/mol. The first kappa shape index (κ1) is 15.7. The Hall–Kier alpha value is -1.70. The molecule has 2 rings (SSSR count). The van der Waals surface area contributed by atoms with Crippen molar-refractivity contribution in [3.63, 3.8) is 0 Å². The Morgan fingerprint density at radius 3 is 2.62 bits per heavy atom. The molecule has 1 aromatic carbocycles. The molecule has 0 spiro atoms. The van der Waals surface area contributed by atoms with Gasteiger partial charge in [-0.25, -0.2) is 0 Å². The van der Waals surface area contributed by atoms with Crippen LogP contribution < -0.4 is 16.2 Å². The smallest absolute Gasteiger partial charge is 0.269 e. The summed E-state index contributed by atoms with van der Waals surface area (Å²) in [6.07, 6.45) is 0. The SMILES string of the molecule is O=C(NNC(=S)NCCN1CCOCC1)c1ccccc1. The van der Waals surface area contributed by atoms with Crippen LogP contribution in [0.15, 0.2) is 30.3 Å². The molecule has 0 bridgehead atoms. The number of hydrogen-bond acceptors (Lipinski definition) is 4. The van der Waals surface area contributed by atoms with E-state index in [1.807, 2.05) is 18.2 Å². The summed E-state index contributed by atoms with van der Waals surface area (Å²) in [5.41, 5.74) is 5.84. The highest BCUT2D eigenvalue weighted by Gasteiger charge is 2.09. The number of rotatable bonds is 4. The molecule has 1 amide bonds. The summed E-state index contributed by atoms with van der Waals surface area (Å²) in [6, 6.07) is 8.97. The molecule has 1 heterocycles. The van der Waals surface area contributed by atoms with Crippen LogP contribution in [0.5, 0.6) is 0 Å². The van der Waals surface area contributed by atoms with Gasteiger partial charge in [-0.05, 0) is 24.4 Å². The Morgan fingerprint density at radius 2 is 1.90 bits per heavy atom. The van der Waals surface area contributed by atoms with E-state index in [0.29, 0.717) is 10.7 Å². The highest BCUT2D eigenvalue weighted by atomic mass is 32.1. The summed E-state index contributed by atoms with van der Waals surface area (Å²) in [5.74, 6) is -0.215. The van der Waals surface area contributed by atoms with E-state index in [1.165, 1.54) is 0 Å². The largest absolute Gasteiger partial charge is 0.379 e. The van der Waals surface area contributed by atoms with Crippen LogP contribution in [0.25, 0.3) is 0 Å². The highest BCUT2D eigenvalue weighted by molar-refractivity contribution is 7.80. The molecule has 1 aliphatic heterocycles. The third-order valence-corrected chi connectivity index (χ3v) is 3.39. The molecular formula is C14H20N4O2S. The summed E-state index contributed by atoms with van der Waals surface area (Å²) in [6.45, 7) is 5.11. The number of thiocarbonyl (C=S) groups is 1. The zero-order valence-electron chi connectivity index (χ0n) is 11.8. The van der Waals surface area contributed by atoms with Gasteiger partial charge in [0.1, 0.15) is 0 Å². The lowest BCUT2D eigenvalue weighted by Gasteiger charge is -2.26. The van der Waals surface area contributed by atoms with Crippen molar-refractivity contribution in [2.24, 2.45) is 0 Å². The molecule has 114 valence electrons. The third-order valence-electron chi connectivity index (χ3n) is 3.14. The summed E-state index contributed by atoms with van der Waals surface area (Å²) in [7, 11) is 0. The monoisotopic (exact) mass is 308 g/mol. The second-order valence-corrected chi connectivity index (χ2v) is 5.06. The maximum absolute atomic E-state index is 11.8. The number of hydrogen-bond donors (Lipinski definition) is 3. The first-order chi connectivity index (χ1) is 10.3. The molecule has 21 heavy (non-hydrogen) atoms. The van der Waals surface area contributed by atoms with Gasteiger partial charge in [0, 0.05) is 31.7 Å². The minimum Gasteiger partial charge on any atom is -0.379 e. The summed E-state index contributed by atoms with van der Waals surface area (Å²) in [5, 5.41) is 3.47. The second kappa shape index (κ2) is 8.56. The van der Waals surface area contributed by atoms with Gasteiger partial charge in [0.15, 0.2) is 5.11 Å². The van der Waals surface area contributed by atoms with Crippen molar-refractivity contribution in [3.8, 4) is 0 Å². The van der Waals surface area contributed by atoms with Crippen LogP contribution in [0, 0.1) is 0 Å². The van der Waals surface area contributed by atoms with Gasteiger partial charge in [0.25, 0.3) is 5.91 Å². The van der Waals surface area contributed by atoms with Crippen LogP contribution in [0.1, 0.15) is 10.4 Å². The van der Waals surface area contributed by atoms with E-state index in [1.54, 1.807) is 12.1 Å². The molecule has 3 N–H and O–H groups in total. The lowest BCUT2D eigenvalue weighted by molar-refractivity contribution is 0.0389. The average molecular weight is 308 g/mol. The predicted molar refractivity (Wildman–Crippen MR) is 84.9 cm³/mol. The van der Waals surface area contributed by atoms with Gasteiger partial charge in [-0.1, -0.05) is 18.2 Å². The van der Waals surface area contributed by atoms with Gasteiger partial charge in [-0.2, -0.15) is 0 Å². The topological polar surface area (TPSA) is 65.6 Å². The Balaban J connectivity index is 1.60. The van der Waals surface area contributed by atoms with Crippen molar-refractivity contribution in [1.82, 2.24) is 21.1 Å². The van der Waals surface area contributed by atoms with Crippen molar-refractivity contribution < 1.29 is 9.53 Å². The normalized spacial score (nSPS) is 15.2. The van der Waals surface area contributed by atoms with Gasteiger partial charge in [0.2, 0.25) is 0 Å². The molecule has 0 aliphatic carbocycles. The molecule has 1 fully saturated rings. The standard InChI is InChI=1S/C14H20N4O2S/c19-13(12-4-2-1-3-5-12)16-17-14(21)15-6-7-18-8-10-20-11-9-18/h1-5H,6-11H2,(H,16,19)(H2,15,17,21). The average Bonchev–Trinajstić information content (AvgIpc) is 2.54. The number of morpholine rings is 1. The van der Waals surface area contributed by atoms with Crippen LogP contribution >= 0.6 is 12.2 Å². The Morgan fingerprint density at radius 1 is 1.19 bits per heavy atom. The fourth-order valence-electron chi connectivity index (χ4n) is 1.97. The number of benzene rings is 1. The van der Waals surface area contributed by atoms with Gasteiger partial charge in [0.05, 0.1) is 13.2 Å². The number of nitrogens with one attached hydrogen (secondary N) is 3. The molecule has 0 saturated carbocycles. The number of carbonyl (C=O) groups excluding carboxylic acids is 1. The lowest BCUT2D eigenvalue weighted by Crippen LogP contribution is -2.49. The van der Waals surface area contributed by atoms with Crippen molar-refractivity contribution in [2.75, 3.05) is 39.4 Å². The van der Waals surface area contributed by atoms with Crippen LogP contribution in [-0.4, -0.2) is 55.3 Å². The number of carbonyl (C=O) groups is 1. The predicted octanol–water partition coefficient (Wildman–Crippen LogP) is 0.128. The van der Waals surface area contributed by atoms with Crippen molar-refractivity contribution in [1.29, 1.82) is 0 Å². The van der Waals surface area contributed by atoms with E-state index < -0.39 is 0 Å². The molecule has 1 saturated heterocycles. The van der Waals surface area contributed by atoms with Crippen LogP contribution in [0.2, 0.25) is 0 Å². The van der Waals surface area contributed by atoms with Crippen molar-refractivity contribution in [2.45, 2.75) is 0 Å². The van der Waals surface area contributed by atoms with Gasteiger partial charge in [-0.15, -0.1) is 0 Å². The van der Waals surface area contributed by atoms with Gasteiger partial charge < -0.3 is 10.1 Å². The Labute approximate surface area is 129 Å². The maximum atomic E-state index is 11.8. The van der Waals surface area contributed by atoms with Crippen LogP contribution in [-0.2, 0) is 4.74 Å². The number of ether oxygens (including phenoxy) is 1. The van der Waals surface area contributed by atoms with Crippen molar-refractivity contribution >= 4 is 23.2 Å². The Bertz CT molecular complexity index is 463. The molecule has 0 atom stereocenters. The number of hydrazine groups is 1. The van der Waals surface area contributed by atoms with E-state index in [2.05, 4.69) is 21.1 Å². The van der Waals surface area contributed by atoms with E-state index >= 15 is 0 Å². The summed E-state index contributed by atoms with van der Waals surface area (Å²) in [4.78, 5) is 14.1. The summed E-state index contributed by atoms with van der Waals surface area (Å²) >= 11 is 5.11.